The van der Waals surface area contributed by atoms with Gasteiger partial charge in [-0.25, -0.2) is 4.99 Å². The van der Waals surface area contributed by atoms with E-state index in [2.05, 4.69) is 4.99 Å². The van der Waals surface area contributed by atoms with Crippen LogP contribution in [0.15, 0.2) is 28.3 Å². The molecule has 0 saturated heterocycles. The lowest BCUT2D eigenvalue weighted by atomic mass is 10.1. The van der Waals surface area contributed by atoms with Crippen molar-refractivity contribution < 1.29 is 0 Å². The average Bonchev–Trinajstić information content (AvgIpc) is 1.82. The minimum Gasteiger partial charge on any atom is -0.370 e. The van der Waals surface area contributed by atoms with Crippen LogP contribution in [0.3, 0.4) is 0 Å². The highest BCUT2D eigenvalue weighted by Gasteiger charge is 2.25. The Balaban J connectivity index is 2.83. The molecule has 12 heavy (non-hydrogen) atoms. The molecule has 1 aliphatic rings. The summed E-state index contributed by atoms with van der Waals surface area (Å²) in [5.74, 6) is -0.0407. The van der Waals surface area contributed by atoms with Gasteiger partial charge in [-0.2, -0.15) is 0 Å². The summed E-state index contributed by atoms with van der Waals surface area (Å²) in [6.07, 6.45) is 5.60. The lowest BCUT2D eigenvalue weighted by Gasteiger charge is -2.20. The Morgan fingerprint density at radius 2 is 2.25 bits per heavy atom. The van der Waals surface area contributed by atoms with Gasteiger partial charge in [-0.3, -0.25) is 0 Å². The van der Waals surface area contributed by atoms with Crippen LogP contribution in [0.25, 0.3) is 0 Å². The number of rotatable bonds is 1. The fraction of sp³-hybridized carbons (Fsp3) is 0.286. The second-order valence-electron chi connectivity index (χ2n) is 2.50. The predicted molar refractivity (Wildman–Crippen MR) is 52.1 cm³/mol. The molecule has 0 heterocycles. The van der Waals surface area contributed by atoms with E-state index >= 15 is 0 Å². The summed E-state index contributed by atoms with van der Waals surface area (Å²) >= 11 is 11.8. The molecule has 1 rings (SSSR count). The molecule has 1 atom stereocenters. The molecule has 66 valence electrons. The van der Waals surface area contributed by atoms with E-state index in [-0.39, 0.29) is 5.96 Å². The number of nitrogens with zero attached hydrogens (tertiary/aromatic N) is 1. The smallest absolute Gasteiger partial charge is 0.188 e. The van der Waals surface area contributed by atoms with E-state index in [0.717, 1.165) is 0 Å². The van der Waals surface area contributed by atoms with Gasteiger partial charge < -0.3 is 11.5 Å². The van der Waals surface area contributed by atoms with Gasteiger partial charge in [0, 0.05) is 11.5 Å². The van der Waals surface area contributed by atoms with Crippen LogP contribution in [0, 0.1) is 0 Å². The average molecular weight is 206 g/mol. The first kappa shape index (κ1) is 9.42. The largest absolute Gasteiger partial charge is 0.370 e. The molecule has 5 heteroatoms. The molecule has 0 amide bonds. The summed E-state index contributed by atoms with van der Waals surface area (Å²) in [6, 6.07) is 0. The molecular weight excluding hydrogens is 197 g/mol. The predicted octanol–water partition coefficient (Wildman–Crippen LogP) is 1.28. The number of hydrogen-bond donors (Lipinski definition) is 2. The highest BCUT2D eigenvalue weighted by Crippen LogP contribution is 2.32. The summed E-state index contributed by atoms with van der Waals surface area (Å²) in [5, 5.41) is 0.637. The van der Waals surface area contributed by atoms with Crippen LogP contribution in [-0.2, 0) is 0 Å². The summed E-state index contributed by atoms with van der Waals surface area (Å²) in [5.41, 5.74) is 10.4. The lowest BCUT2D eigenvalue weighted by Crippen LogP contribution is -2.29. The summed E-state index contributed by atoms with van der Waals surface area (Å²) in [6.45, 7) is 0. The highest BCUT2D eigenvalue weighted by molar-refractivity contribution is 6.32. The van der Waals surface area contributed by atoms with Crippen LogP contribution < -0.4 is 11.5 Å². The Morgan fingerprint density at radius 3 is 2.75 bits per heavy atom. The van der Waals surface area contributed by atoms with Gasteiger partial charge >= 0.3 is 0 Å². The van der Waals surface area contributed by atoms with Gasteiger partial charge in [0.05, 0.1) is 0 Å². The Bertz CT molecular complexity index is 266. The molecule has 3 nitrogen and oxygen atoms in total. The van der Waals surface area contributed by atoms with E-state index in [4.69, 9.17) is 34.7 Å². The van der Waals surface area contributed by atoms with Crippen molar-refractivity contribution in [2.24, 2.45) is 16.5 Å². The van der Waals surface area contributed by atoms with Crippen molar-refractivity contribution in [3.8, 4) is 0 Å². The maximum Gasteiger partial charge on any atom is 0.188 e. The van der Waals surface area contributed by atoms with Crippen LogP contribution in [0.4, 0.5) is 0 Å². The molecule has 0 fully saturated rings. The number of guanidine groups is 1. The molecule has 0 aromatic rings. The SMILES string of the molecule is NC(N)=NC1(Cl)C=CC=C(Cl)C1. The first-order valence-corrected chi connectivity index (χ1v) is 4.11. The van der Waals surface area contributed by atoms with Crippen LogP contribution >= 0.6 is 23.2 Å². The van der Waals surface area contributed by atoms with Gasteiger partial charge in [-0.1, -0.05) is 29.3 Å². The quantitative estimate of drug-likeness (QED) is 0.293. The third kappa shape index (κ3) is 2.43. The molecule has 4 N–H and O–H groups in total. The van der Waals surface area contributed by atoms with Crippen molar-refractivity contribution in [2.45, 2.75) is 11.4 Å². The molecule has 0 spiro atoms. The van der Waals surface area contributed by atoms with Gasteiger partial charge in [0.25, 0.3) is 0 Å². The van der Waals surface area contributed by atoms with Gasteiger partial charge in [0.1, 0.15) is 0 Å². The van der Waals surface area contributed by atoms with E-state index < -0.39 is 5.00 Å². The monoisotopic (exact) mass is 205 g/mol. The standard InChI is InChI=1S/C7H9Cl2N3/c8-5-2-1-3-7(9,4-5)12-6(10)11/h1-3H,4H2,(H4,10,11,12). The molecule has 0 aromatic carbocycles. The third-order valence-corrected chi connectivity index (χ3v) is 1.96. The number of aliphatic imine (C=N–C) groups is 1. The van der Waals surface area contributed by atoms with Gasteiger partial charge in [-0.15, -0.1) is 0 Å². The molecule has 1 unspecified atom stereocenters. The summed E-state index contributed by atoms with van der Waals surface area (Å²) in [7, 11) is 0. The molecule has 1 aliphatic carbocycles. The van der Waals surface area contributed by atoms with Crippen LogP contribution in [0.2, 0.25) is 0 Å². The van der Waals surface area contributed by atoms with Crippen molar-refractivity contribution in [3.63, 3.8) is 0 Å². The lowest BCUT2D eigenvalue weighted by molar-refractivity contribution is 0.734. The zero-order valence-electron chi connectivity index (χ0n) is 6.30. The minimum atomic E-state index is -0.898. The summed E-state index contributed by atoms with van der Waals surface area (Å²) in [4.78, 5) is 2.95. The fourth-order valence-electron chi connectivity index (χ4n) is 0.946. The molecule has 0 aliphatic heterocycles. The second kappa shape index (κ2) is 3.37. The molecule has 0 bridgehead atoms. The van der Waals surface area contributed by atoms with Gasteiger partial charge in [0.2, 0.25) is 0 Å². The van der Waals surface area contributed by atoms with Crippen molar-refractivity contribution in [1.82, 2.24) is 0 Å². The van der Waals surface area contributed by atoms with E-state index in [1.807, 2.05) is 0 Å². The topological polar surface area (TPSA) is 64.4 Å². The molecule has 0 aromatic heterocycles. The fourth-order valence-corrected chi connectivity index (χ4v) is 1.61. The summed E-state index contributed by atoms with van der Waals surface area (Å²) < 4.78 is 0. The van der Waals surface area contributed by atoms with Crippen molar-refractivity contribution in [1.29, 1.82) is 0 Å². The second-order valence-corrected chi connectivity index (χ2v) is 3.64. The Morgan fingerprint density at radius 1 is 1.58 bits per heavy atom. The van der Waals surface area contributed by atoms with Crippen LogP contribution in [0.1, 0.15) is 6.42 Å². The van der Waals surface area contributed by atoms with Gasteiger partial charge in [0.15, 0.2) is 11.0 Å². The molecule has 0 radical (unpaired) electrons. The van der Waals surface area contributed by atoms with E-state index in [9.17, 15) is 0 Å². The Hall–Kier alpha value is -0.670. The first-order valence-electron chi connectivity index (χ1n) is 3.35. The number of nitrogens with two attached hydrogens (primary N) is 2. The minimum absolute atomic E-state index is 0.0407. The van der Waals surface area contributed by atoms with E-state index in [1.54, 1.807) is 18.2 Å². The van der Waals surface area contributed by atoms with Crippen molar-refractivity contribution in [2.75, 3.05) is 0 Å². The third-order valence-electron chi connectivity index (χ3n) is 1.36. The van der Waals surface area contributed by atoms with Crippen LogP contribution in [0.5, 0.6) is 0 Å². The number of allylic oxidation sites excluding steroid dienone is 2. The molecule has 0 saturated carbocycles. The zero-order chi connectivity index (χ0) is 9.19. The Kier molecular flexibility index (Phi) is 2.65. The van der Waals surface area contributed by atoms with Gasteiger partial charge in [-0.05, 0) is 12.2 Å². The maximum atomic E-state index is 6.01. The maximum absolute atomic E-state index is 6.01. The normalized spacial score (nSPS) is 28.0. The van der Waals surface area contributed by atoms with E-state index in [0.29, 0.717) is 11.5 Å². The van der Waals surface area contributed by atoms with Crippen molar-refractivity contribution in [3.05, 3.63) is 23.3 Å². The zero-order valence-corrected chi connectivity index (χ0v) is 7.81. The van der Waals surface area contributed by atoms with Crippen molar-refractivity contribution >= 4 is 29.2 Å². The number of halogens is 2. The number of alkyl halides is 1. The molecular formula is C7H9Cl2N3. The Labute approximate surface area is 80.7 Å². The van der Waals surface area contributed by atoms with Crippen LogP contribution in [-0.4, -0.2) is 11.0 Å². The number of hydrogen-bond acceptors (Lipinski definition) is 1. The first-order chi connectivity index (χ1) is 5.52. The highest BCUT2D eigenvalue weighted by atomic mass is 35.5. The van der Waals surface area contributed by atoms with E-state index in [1.165, 1.54) is 0 Å².